The van der Waals surface area contributed by atoms with Crippen molar-refractivity contribution in [3.63, 3.8) is 0 Å². The molecular weight excluding hydrogens is 251 g/mol. The van der Waals surface area contributed by atoms with Gasteiger partial charge in [0.15, 0.2) is 0 Å². The third-order valence-corrected chi connectivity index (χ3v) is 1.47. The van der Waals surface area contributed by atoms with E-state index in [-0.39, 0.29) is 36.2 Å². The van der Waals surface area contributed by atoms with E-state index < -0.39 is 23.9 Å². The van der Waals surface area contributed by atoms with E-state index in [1.165, 1.54) is 0 Å². The molecule has 0 saturated carbocycles. The number of aliphatic carboxylic acids is 2. The molecule has 1 amide bonds. The van der Waals surface area contributed by atoms with Crippen LogP contribution in [-0.2, 0) is 31.2 Å². The summed E-state index contributed by atoms with van der Waals surface area (Å²) in [6.45, 7) is -0.323. The van der Waals surface area contributed by atoms with Gasteiger partial charge in [-0.1, -0.05) is 0 Å². The summed E-state index contributed by atoms with van der Waals surface area (Å²) in [5, 5.41) is 19.0. The second-order valence-corrected chi connectivity index (χ2v) is 2.59. The zero-order valence-corrected chi connectivity index (χ0v) is 8.77. The molecule has 0 aliphatic carbocycles. The number of carboxylic acids is 2. The second kappa shape index (κ2) is 8.21. The summed E-state index contributed by atoms with van der Waals surface area (Å²) in [4.78, 5) is 31.4. The van der Waals surface area contributed by atoms with Crippen LogP contribution in [0.2, 0.25) is 0 Å². The molecule has 0 rings (SSSR count). The zero-order valence-electron chi connectivity index (χ0n) is 7.73. The van der Waals surface area contributed by atoms with Crippen molar-refractivity contribution in [2.75, 3.05) is 6.54 Å². The number of carboxylic acid groups (broad SMARTS) is 2. The predicted octanol–water partition coefficient (Wildman–Crippen LogP) is -1.62. The van der Waals surface area contributed by atoms with Gasteiger partial charge in [-0.15, -0.1) is 0 Å². The summed E-state index contributed by atoms with van der Waals surface area (Å²) in [5.74, 6) is -3.01. The van der Waals surface area contributed by atoms with Gasteiger partial charge in [0.05, 0.1) is 6.54 Å². The third kappa shape index (κ3) is 7.91. The Morgan fingerprint density at radius 2 is 1.80 bits per heavy atom. The zero-order chi connectivity index (χ0) is 11.1. The van der Waals surface area contributed by atoms with E-state index in [1.807, 2.05) is 0 Å². The van der Waals surface area contributed by atoms with E-state index in [1.54, 1.807) is 0 Å². The standard InChI is InChI=1S/C7H12N2O5.Co/c8-3-5(10)9-4(7(13)14)1-2-6(11)12;/h4H,1-3,8H2,(H,9,10)(H,11,12)(H,13,14);. The molecule has 1 unspecified atom stereocenters. The van der Waals surface area contributed by atoms with Crippen molar-refractivity contribution >= 4 is 17.8 Å². The summed E-state index contributed by atoms with van der Waals surface area (Å²) in [6, 6.07) is -1.19. The molecule has 0 fully saturated rings. The minimum Gasteiger partial charge on any atom is -0.481 e. The fourth-order valence-electron chi connectivity index (χ4n) is 0.778. The topological polar surface area (TPSA) is 130 Å². The van der Waals surface area contributed by atoms with Crippen molar-refractivity contribution in [2.24, 2.45) is 5.73 Å². The van der Waals surface area contributed by atoms with E-state index >= 15 is 0 Å². The molecule has 7 nitrogen and oxygen atoms in total. The smallest absolute Gasteiger partial charge is 0.326 e. The van der Waals surface area contributed by atoms with Crippen LogP contribution < -0.4 is 11.1 Å². The summed E-state index contributed by atoms with van der Waals surface area (Å²) in [7, 11) is 0. The molecule has 0 saturated heterocycles. The maximum atomic E-state index is 10.7. The first kappa shape index (κ1) is 16.3. The Morgan fingerprint density at radius 1 is 1.27 bits per heavy atom. The monoisotopic (exact) mass is 263 g/mol. The summed E-state index contributed by atoms with van der Waals surface area (Å²) in [6.07, 6.45) is -0.474. The molecule has 0 aromatic rings. The molecular formula is C7H12CoN2O5. The van der Waals surface area contributed by atoms with Crippen LogP contribution in [0.3, 0.4) is 0 Å². The molecule has 0 aromatic carbocycles. The fourth-order valence-corrected chi connectivity index (χ4v) is 0.778. The van der Waals surface area contributed by atoms with Crippen LogP contribution in [-0.4, -0.2) is 40.6 Å². The minimum atomic E-state index is -1.27. The Hall–Kier alpha value is -1.12. The Balaban J connectivity index is 0. The minimum absolute atomic E-state index is 0. The molecule has 15 heavy (non-hydrogen) atoms. The first-order valence-electron chi connectivity index (χ1n) is 3.91. The van der Waals surface area contributed by atoms with Crippen LogP contribution in [0.25, 0.3) is 0 Å². The fraction of sp³-hybridized carbons (Fsp3) is 0.571. The number of hydrogen-bond acceptors (Lipinski definition) is 4. The molecule has 0 bridgehead atoms. The SMILES string of the molecule is NCC(=O)NC(CCC(=O)O)C(=O)O.[Co]. The Bertz CT molecular complexity index is 246. The molecule has 0 aromatic heterocycles. The van der Waals surface area contributed by atoms with Gasteiger partial charge in [-0.05, 0) is 6.42 Å². The quantitative estimate of drug-likeness (QED) is 0.455. The molecule has 0 heterocycles. The number of carbonyl (C=O) groups is 3. The average molecular weight is 263 g/mol. The van der Waals surface area contributed by atoms with Gasteiger partial charge in [0.25, 0.3) is 0 Å². The number of hydrogen-bond donors (Lipinski definition) is 4. The van der Waals surface area contributed by atoms with Gasteiger partial charge < -0.3 is 21.3 Å². The Kier molecular flexibility index (Phi) is 8.92. The van der Waals surface area contributed by atoms with Crippen LogP contribution in [0.15, 0.2) is 0 Å². The molecule has 0 spiro atoms. The third-order valence-electron chi connectivity index (χ3n) is 1.47. The Morgan fingerprint density at radius 3 is 2.13 bits per heavy atom. The van der Waals surface area contributed by atoms with E-state index in [2.05, 4.69) is 5.32 Å². The first-order valence-corrected chi connectivity index (χ1v) is 3.91. The van der Waals surface area contributed by atoms with Crippen molar-refractivity contribution in [1.82, 2.24) is 5.32 Å². The number of nitrogens with two attached hydrogens (primary N) is 1. The molecule has 0 aliphatic heterocycles. The average Bonchev–Trinajstić information content (AvgIpc) is 2.10. The largest absolute Gasteiger partial charge is 0.481 e. The van der Waals surface area contributed by atoms with E-state index in [4.69, 9.17) is 15.9 Å². The Labute approximate surface area is 96.2 Å². The van der Waals surface area contributed by atoms with E-state index in [0.29, 0.717) is 0 Å². The first-order chi connectivity index (χ1) is 6.47. The number of carbonyl (C=O) groups excluding carboxylic acids is 1. The predicted molar refractivity (Wildman–Crippen MR) is 45.5 cm³/mol. The number of nitrogens with one attached hydrogen (secondary N) is 1. The maximum absolute atomic E-state index is 10.7. The van der Waals surface area contributed by atoms with Crippen molar-refractivity contribution in [3.05, 3.63) is 0 Å². The molecule has 1 atom stereocenters. The molecule has 1 radical (unpaired) electrons. The van der Waals surface area contributed by atoms with Crippen molar-refractivity contribution < 1.29 is 41.4 Å². The second-order valence-electron chi connectivity index (χ2n) is 2.59. The molecule has 8 heteroatoms. The van der Waals surface area contributed by atoms with E-state index in [0.717, 1.165) is 0 Å². The van der Waals surface area contributed by atoms with Crippen LogP contribution in [0, 0.1) is 0 Å². The van der Waals surface area contributed by atoms with Gasteiger partial charge in [-0.25, -0.2) is 4.79 Å². The van der Waals surface area contributed by atoms with Gasteiger partial charge in [0, 0.05) is 23.2 Å². The van der Waals surface area contributed by atoms with E-state index in [9.17, 15) is 14.4 Å². The van der Waals surface area contributed by atoms with Crippen LogP contribution in [0.1, 0.15) is 12.8 Å². The summed E-state index contributed by atoms with van der Waals surface area (Å²) in [5.41, 5.74) is 4.96. The molecule has 0 aliphatic rings. The number of rotatable bonds is 6. The van der Waals surface area contributed by atoms with Crippen molar-refractivity contribution in [3.8, 4) is 0 Å². The van der Waals surface area contributed by atoms with Crippen molar-refractivity contribution in [1.29, 1.82) is 0 Å². The van der Waals surface area contributed by atoms with Crippen LogP contribution >= 0.6 is 0 Å². The molecule has 5 N–H and O–H groups in total. The maximum Gasteiger partial charge on any atom is 0.326 e. The number of amides is 1. The summed E-state index contributed by atoms with van der Waals surface area (Å²) >= 11 is 0. The van der Waals surface area contributed by atoms with Gasteiger partial charge >= 0.3 is 11.9 Å². The molecule has 89 valence electrons. The van der Waals surface area contributed by atoms with Gasteiger partial charge in [-0.3, -0.25) is 9.59 Å². The van der Waals surface area contributed by atoms with Crippen molar-refractivity contribution in [2.45, 2.75) is 18.9 Å². The van der Waals surface area contributed by atoms with Gasteiger partial charge in [0.2, 0.25) is 5.91 Å². The van der Waals surface area contributed by atoms with Gasteiger partial charge in [0.1, 0.15) is 6.04 Å². The normalized spacial score (nSPS) is 11.0. The van der Waals surface area contributed by atoms with Gasteiger partial charge in [-0.2, -0.15) is 0 Å². The van der Waals surface area contributed by atoms with Crippen LogP contribution in [0.5, 0.6) is 0 Å². The van der Waals surface area contributed by atoms with Crippen LogP contribution in [0.4, 0.5) is 0 Å². The summed E-state index contributed by atoms with van der Waals surface area (Å²) < 4.78 is 0.